The van der Waals surface area contributed by atoms with Gasteiger partial charge in [0.05, 0.1) is 10.6 Å². The van der Waals surface area contributed by atoms with Gasteiger partial charge in [-0.25, -0.2) is 0 Å². The minimum Gasteiger partial charge on any atom is -0.278 e. The van der Waals surface area contributed by atoms with Gasteiger partial charge >= 0.3 is 6.18 Å². The number of nitrogens with zero attached hydrogens (tertiary/aromatic N) is 4. The predicted octanol–water partition coefficient (Wildman–Crippen LogP) is 2.19. The zero-order valence-electron chi connectivity index (χ0n) is 8.63. The Bertz CT molecular complexity index is 593. The minimum atomic E-state index is -4.68. The molecule has 0 amide bonds. The molecule has 0 aliphatic rings. The zero-order valence-corrected chi connectivity index (χ0v) is 8.63. The maximum Gasteiger partial charge on any atom is 0.452 e. The predicted molar refractivity (Wildman–Crippen MR) is 53.0 cm³/mol. The van der Waals surface area contributed by atoms with Crippen LogP contribution in [0.25, 0.3) is 5.69 Å². The van der Waals surface area contributed by atoms with E-state index < -0.39 is 16.9 Å². The van der Waals surface area contributed by atoms with E-state index in [-0.39, 0.29) is 11.4 Å². The van der Waals surface area contributed by atoms with Crippen molar-refractivity contribution in [2.45, 2.75) is 6.18 Å². The molecule has 0 spiro atoms. The maximum atomic E-state index is 12.6. The monoisotopic (exact) mass is 258 g/mol. The summed E-state index contributed by atoms with van der Waals surface area (Å²) in [5.74, 6) is -1.23. The fraction of sp³-hybridized carbons (Fsp3) is 0.111. The third kappa shape index (κ3) is 2.14. The Kier molecular flexibility index (Phi) is 2.73. The Balaban J connectivity index is 2.53. The number of halogens is 3. The number of nitro groups is 1. The molecule has 0 N–H and O–H groups in total. The minimum absolute atomic E-state index is 0.0264. The van der Waals surface area contributed by atoms with E-state index in [1.54, 1.807) is 0 Å². The highest BCUT2D eigenvalue weighted by Gasteiger charge is 2.37. The second kappa shape index (κ2) is 4.09. The Morgan fingerprint density at radius 1 is 1.33 bits per heavy atom. The van der Waals surface area contributed by atoms with Crippen molar-refractivity contribution >= 4 is 5.69 Å². The van der Waals surface area contributed by atoms with Crippen LogP contribution < -0.4 is 0 Å². The second-order valence-electron chi connectivity index (χ2n) is 3.30. The second-order valence-corrected chi connectivity index (χ2v) is 3.30. The molecular weight excluding hydrogens is 253 g/mol. The van der Waals surface area contributed by atoms with Crippen molar-refractivity contribution in [3.63, 3.8) is 0 Å². The van der Waals surface area contributed by atoms with E-state index in [2.05, 4.69) is 10.2 Å². The molecule has 0 aliphatic heterocycles. The molecule has 94 valence electrons. The molecule has 1 aromatic carbocycles. The summed E-state index contributed by atoms with van der Waals surface area (Å²) in [6.07, 6.45) is -3.83. The van der Waals surface area contributed by atoms with Crippen molar-refractivity contribution in [3.8, 4) is 5.69 Å². The lowest BCUT2D eigenvalue weighted by atomic mass is 10.3. The topological polar surface area (TPSA) is 73.8 Å². The molecule has 0 bridgehead atoms. The van der Waals surface area contributed by atoms with E-state index >= 15 is 0 Å². The number of hydrogen-bond acceptors (Lipinski definition) is 4. The van der Waals surface area contributed by atoms with Gasteiger partial charge in [-0.2, -0.15) is 13.2 Å². The SMILES string of the molecule is O=[N+]([O-])c1cccc(-n2cnnc2C(F)(F)F)c1. The van der Waals surface area contributed by atoms with Gasteiger partial charge in [-0.15, -0.1) is 10.2 Å². The van der Waals surface area contributed by atoms with Crippen LogP contribution in [0, 0.1) is 10.1 Å². The number of benzene rings is 1. The molecule has 0 fully saturated rings. The average molecular weight is 258 g/mol. The maximum absolute atomic E-state index is 12.6. The summed E-state index contributed by atoms with van der Waals surface area (Å²) in [6, 6.07) is 4.78. The first-order valence-corrected chi connectivity index (χ1v) is 4.61. The van der Waals surface area contributed by atoms with Gasteiger partial charge in [-0.3, -0.25) is 14.7 Å². The van der Waals surface area contributed by atoms with Crippen LogP contribution >= 0.6 is 0 Å². The van der Waals surface area contributed by atoms with Crippen molar-refractivity contribution in [1.29, 1.82) is 0 Å². The average Bonchev–Trinajstić information content (AvgIpc) is 2.77. The van der Waals surface area contributed by atoms with Gasteiger partial charge < -0.3 is 0 Å². The first-order valence-electron chi connectivity index (χ1n) is 4.61. The Morgan fingerprint density at radius 3 is 2.67 bits per heavy atom. The number of rotatable bonds is 2. The van der Waals surface area contributed by atoms with Gasteiger partial charge in [-0.05, 0) is 6.07 Å². The van der Waals surface area contributed by atoms with E-state index in [0.717, 1.165) is 12.4 Å². The molecule has 1 heterocycles. The van der Waals surface area contributed by atoms with Crippen molar-refractivity contribution in [3.05, 3.63) is 46.5 Å². The van der Waals surface area contributed by atoms with Crippen molar-refractivity contribution in [1.82, 2.24) is 14.8 Å². The lowest BCUT2D eigenvalue weighted by Crippen LogP contribution is -2.13. The molecule has 0 saturated carbocycles. The highest BCUT2D eigenvalue weighted by molar-refractivity contribution is 5.43. The number of aromatic nitrogens is 3. The lowest BCUT2D eigenvalue weighted by molar-refractivity contribution is -0.384. The molecule has 0 saturated heterocycles. The van der Waals surface area contributed by atoms with Crippen LogP contribution in [0.4, 0.5) is 18.9 Å². The van der Waals surface area contributed by atoms with E-state index in [1.165, 1.54) is 18.2 Å². The molecular formula is C9H5F3N4O2. The first-order chi connectivity index (χ1) is 8.39. The molecule has 2 rings (SSSR count). The third-order valence-electron chi connectivity index (χ3n) is 2.12. The standard InChI is InChI=1S/C9H5F3N4O2/c10-9(11,12)8-14-13-5-15(8)6-2-1-3-7(4-6)16(17)18/h1-5H. The van der Waals surface area contributed by atoms with Crippen LogP contribution in [0.1, 0.15) is 5.82 Å². The van der Waals surface area contributed by atoms with Gasteiger partial charge in [0.1, 0.15) is 6.33 Å². The Labute approximate surface area is 97.8 Å². The highest BCUT2D eigenvalue weighted by atomic mass is 19.4. The number of nitro benzene ring substituents is 1. The lowest BCUT2D eigenvalue weighted by Gasteiger charge is -2.08. The van der Waals surface area contributed by atoms with Crippen LogP contribution in [0.2, 0.25) is 0 Å². The van der Waals surface area contributed by atoms with Crippen LogP contribution in [0.5, 0.6) is 0 Å². The molecule has 18 heavy (non-hydrogen) atoms. The highest BCUT2D eigenvalue weighted by Crippen LogP contribution is 2.29. The van der Waals surface area contributed by atoms with E-state index in [4.69, 9.17) is 0 Å². The van der Waals surface area contributed by atoms with Crippen molar-refractivity contribution in [2.24, 2.45) is 0 Å². The van der Waals surface area contributed by atoms with Crippen LogP contribution in [-0.2, 0) is 6.18 Å². The first kappa shape index (κ1) is 12.0. The summed E-state index contributed by atoms with van der Waals surface area (Å²) >= 11 is 0. The molecule has 1 aromatic heterocycles. The fourth-order valence-electron chi connectivity index (χ4n) is 1.37. The summed E-state index contributed by atoms with van der Waals surface area (Å²) < 4.78 is 38.4. The van der Waals surface area contributed by atoms with E-state index in [0.29, 0.717) is 4.57 Å². The molecule has 0 unspecified atom stereocenters. The summed E-state index contributed by atoms with van der Waals surface area (Å²) in [5.41, 5.74) is -0.337. The van der Waals surface area contributed by atoms with Crippen LogP contribution in [0.3, 0.4) is 0 Å². The fourth-order valence-corrected chi connectivity index (χ4v) is 1.37. The smallest absolute Gasteiger partial charge is 0.278 e. The van der Waals surface area contributed by atoms with Crippen molar-refractivity contribution < 1.29 is 18.1 Å². The Morgan fingerprint density at radius 2 is 2.06 bits per heavy atom. The molecule has 0 atom stereocenters. The third-order valence-corrected chi connectivity index (χ3v) is 2.12. The molecule has 6 nitrogen and oxygen atoms in total. The van der Waals surface area contributed by atoms with Crippen LogP contribution in [0.15, 0.2) is 30.6 Å². The van der Waals surface area contributed by atoms with Crippen LogP contribution in [-0.4, -0.2) is 19.7 Å². The van der Waals surface area contributed by atoms with Crippen molar-refractivity contribution in [2.75, 3.05) is 0 Å². The van der Waals surface area contributed by atoms with E-state index in [1.807, 2.05) is 0 Å². The van der Waals surface area contributed by atoms with Gasteiger partial charge in [0.15, 0.2) is 0 Å². The normalized spacial score (nSPS) is 11.5. The zero-order chi connectivity index (χ0) is 13.3. The van der Waals surface area contributed by atoms with Gasteiger partial charge in [0, 0.05) is 12.1 Å². The molecule has 9 heteroatoms. The van der Waals surface area contributed by atoms with Gasteiger partial charge in [0.25, 0.3) is 5.69 Å². The van der Waals surface area contributed by atoms with E-state index in [9.17, 15) is 23.3 Å². The summed E-state index contributed by atoms with van der Waals surface area (Å²) in [5, 5.41) is 16.7. The molecule has 0 radical (unpaired) electrons. The summed E-state index contributed by atoms with van der Waals surface area (Å²) in [6.45, 7) is 0. The number of non-ortho nitro benzene ring substituents is 1. The summed E-state index contributed by atoms with van der Waals surface area (Å²) in [4.78, 5) is 9.85. The van der Waals surface area contributed by atoms with Gasteiger partial charge in [-0.1, -0.05) is 6.07 Å². The molecule has 0 aliphatic carbocycles. The summed E-state index contributed by atoms with van der Waals surface area (Å²) in [7, 11) is 0. The number of hydrogen-bond donors (Lipinski definition) is 0. The largest absolute Gasteiger partial charge is 0.452 e. The Hall–Kier alpha value is -2.45. The van der Waals surface area contributed by atoms with Gasteiger partial charge in [0.2, 0.25) is 5.82 Å². The molecule has 2 aromatic rings. The quantitative estimate of drug-likeness (QED) is 0.611. The number of alkyl halides is 3.